The van der Waals surface area contributed by atoms with Crippen molar-refractivity contribution in [1.29, 1.82) is 0 Å². The number of imide groups is 1. The highest BCUT2D eigenvalue weighted by Crippen LogP contribution is 2.36. The fourth-order valence-corrected chi connectivity index (χ4v) is 4.06. The monoisotopic (exact) mass is 363 g/mol. The zero-order valence-electron chi connectivity index (χ0n) is 14.3. The largest absolute Gasteiger partial charge is 0.383 e. The molecule has 0 N–H and O–H groups in total. The third-order valence-corrected chi connectivity index (χ3v) is 5.39. The van der Waals surface area contributed by atoms with E-state index >= 15 is 0 Å². The van der Waals surface area contributed by atoms with E-state index in [9.17, 15) is 9.59 Å². The molecule has 130 valence electrons. The molecular weight excluding hydrogens is 346 g/mol. The molecule has 1 aliphatic rings. The molecule has 1 heterocycles. The predicted octanol–water partition coefficient (Wildman–Crippen LogP) is 4.68. The van der Waals surface area contributed by atoms with Crippen molar-refractivity contribution in [1.82, 2.24) is 4.90 Å². The molecule has 0 radical (unpaired) electrons. The summed E-state index contributed by atoms with van der Waals surface area (Å²) in [4.78, 5) is 26.5. The van der Waals surface area contributed by atoms with Crippen molar-refractivity contribution < 1.29 is 14.3 Å². The number of methoxy groups -OCH3 is 1. The highest BCUT2D eigenvalue weighted by atomic mass is 32.2. The lowest BCUT2D eigenvalue weighted by molar-refractivity contribution is -0.123. The zero-order chi connectivity index (χ0) is 18.1. The van der Waals surface area contributed by atoms with E-state index in [1.165, 1.54) is 4.90 Å². The Kier molecular flexibility index (Phi) is 4.49. The van der Waals surface area contributed by atoms with Crippen molar-refractivity contribution in [3.05, 3.63) is 65.1 Å². The van der Waals surface area contributed by atoms with E-state index in [4.69, 9.17) is 4.74 Å². The third kappa shape index (κ3) is 2.89. The summed E-state index contributed by atoms with van der Waals surface area (Å²) in [5.74, 6) is -0.255. The fourth-order valence-electron chi connectivity index (χ4n) is 3.21. The average molecular weight is 363 g/mol. The second kappa shape index (κ2) is 6.94. The quantitative estimate of drug-likeness (QED) is 0.499. The fraction of sp³-hybridized carbons (Fsp3) is 0.143. The lowest BCUT2D eigenvalue weighted by atomic mass is 9.96. The Morgan fingerprint density at radius 3 is 2.23 bits per heavy atom. The van der Waals surface area contributed by atoms with Crippen molar-refractivity contribution in [2.45, 2.75) is 0 Å². The smallest absolute Gasteiger partial charge is 0.293 e. The van der Waals surface area contributed by atoms with E-state index in [1.807, 2.05) is 42.5 Å². The molecule has 4 nitrogen and oxygen atoms in total. The van der Waals surface area contributed by atoms with Crippen LogP contribution in [0.25, 0.3) is 27.6 Å². The maximum absolute atomic E-state index is 12.7. The summed E-state index contributed by atoms with van der Waals surface area (Å²) in [5.41, 5.74) is 0.968. The van der Waals surface area contributed by atoms with E-state index in [1.54, 1.807) is 7.11 Å². The maximum atomic E-state index is 12.7. The molecule has 2 amide bonds. The molecule has 0 saturated carbocycles. The molecular formula is C21H17NO3S. The van der Waals surface area contributed by atoms with Gasteiger partial charge in [0.25, 0.3) is 11.1 Å². The van der Waals surface area contributed by atoms with Gasteiger partial charge in [-0.3, -0.25) is 14.5 Å². The van der Waals surface area contributed by atoms with Crippen molar-refractivity contribution >= 4 is 50.5 Å². The normalized spacial score (nSPS) is 16.3. The Labute approximate surface area is 155 Å². The summed E-state index contributed by atoms with van der Waals surface area (Å²) >= 11 is 0.987. The number of hydrogen-bond acceptors (Lipinski definition) is 4. The molecule has 0 unspecified atom stereocenters. The topological polar surface area (TPSA) is 46.6 Å². The van der Waals surface area contributed by atoms with Crippen LogP contribution >= 0.6 is 11.8 Å². The van der Waals surface area contributed by atoms with E-state index in [-0.39, 0.29) is 17.7 Å². The lowest BCUT2D eigenvalue weighted by Crippen LogP contribution is -2.31. The van der Waals surface area contributed by atoms with Crippen LogP contribution < -0.4 is 0 Å². The number of carbonyl (C=O) groups excluding carboxylic acids is 2. The molecule has 0 aliphatic carbocycles. The van der Waals surface area contributed by atoms with Crippen LogP contribution in [0.1, 0.15) is 5.56 Å². The minimum Gasteiger partial charge on any atom is -0.383 e. The molecule has 0 bridgehead atoms. The third-order valence-electron chi connectivity index (χ3n) is 4.48. The van der Waals surface area contributed by atoms with Gasteiger partial charge in [-0.2, -0.15) is 0 Å². The Bertz CT molecular complexity index is 1000. The number of nitrogens with zero attached hydrogens (tertiary/aromatic N) is 1. The molecule has 3 aromatic rings. The van der Waals surface area contributed by atoms with Gasteiger partial charge >= 0.3 is 0 Å². The van der Waals surface area contributed by atoms with Gasteiger partial charge in [-0.15, -0.1) is 0 Å². The first-order chi connectivity index (χ1) is 12.7. The Morgan fingerprint density at radius 1 is 1.00 bits per heavy atom. The minimum absolute atomic E-state index is 0.247. The number of rotatable bonds is 4. The van der Waals surface area contributed by atoms with Crippen LogP contribution in [0.3, 0.4) is 0 Å². The van der Waals surface area contributed by atoms with Gasteiger partial charge in [0.2, 0.25) is 0 Å². The van der Waals surface area contributed by atoms with Crippen LogP contribution in [-0.4, -0.2) is 36.3 Å². The van der Waals surface area contributed by atoms with E-state index < -0.39 is 0 Å². The molecule has 4 rings (SSSR count). The van der Waals surface area contributed by atoms with Gasteiger partial charge in [0.15, 0.2) is 0 Å². The van der Waals surface area contributed by atoms with E-state index in [2.05, 4.69) is 18.2 Å². The Hall–Kier alpha value is -2.63. The first-order valence-electron chi connectivity index (χ1n) is 8.34. The van der Waals surface area contributed by atoms with Crippen molar-refractivity contribution in [3.63, 3.8) is 0 Å². The molecule has 5 heteroatoms. The number of thioether (sulfide) groups is 1. The second-order valence-corrected chi connectivity index (χ2v) is 7.05. The van der Waals surface area contributed by atoms with Gasteiger partial charge in [-0.05, 0) is 51.0 Å². The van der Waals surface area contributed by atoms with Crippen LogP contribution in [0.15, 0.2) is 59.5 Å². The van der Waals surface area contributed by atoms with Gasteiger partial charge in [0.1, 0.15) is 0 Å². The molecule has 3 aromatic carbocycles. The van der Waals surface area contributed by atoms with Crippen molar-refractivity contribution in [2.24, 2.45) is 0 Å². The van der Waals surface area contributed by atoms with Crippen LogP contribution in [0.4, 0.5) is 4.79 Å². The van der Waals surface area contributed by atoms with Gasteiger partial charge in [-0.25, -0.2) is 0 Å². The molecule has 0 aromatic heterocycles. The molecule has 1 fully saturated rings. The standard InChI is InChI=1S/C21H17NO3S/c1-25-11-10-22-20(23)19(26-21(22)24)13-18-16-8-4-2-6-14(16)12-15-7-3-5-9-17(15)18/h2-9,12-13H,10-11H2,1H3/b19-13+. The van der Waals surface area contributed by atoms with Crippen LogP contribution in [0.5, 0.6) is 0 Å². The molecule has 1 saturated heterocycles. The van der Waals surface area contributed by atoms with Crippen LogP contribution in [0, 0.1) is 0 Å². The number of benzene rings is 3. The molecule has 26 heavy (non-hydrogen) atoms. The Balaban J connectivity index is 1.87. The van der Waals surface area contributed by atoms with Crippen LogP contribution in [-0.2, 0) is 9.53 Å². The number of ether oxygens (including phenoxy) is 1. The van der Waals surface area contributed by atoms with Crippen molar-refractivity contribution in [2.75, 3.05) is 20.3 Å². The number of fused-ring (bicyclic) bond motifs is 2. The molecule has 0 atom stereocenters. The summed E-state index contributed by atoms with van der Waals surface area (Å²) in [6.07, 6.45) is 1.85. The number of hydrogen-bond donors (Lipinski definition) is 0. The summed E-state index contributed by atoms with van der Waals surface area (Å²) in [6, 6.07) is 18.3. The summed E-state index contributed by atoms with van der Waals surface area (Å²) in [6.45, 7) is 0.608. The van der Waals surface area contributed by atoms with E-state index in [0.29, 0.717) is 11.5 Å². The first kappa shape index (κ1) is 16.8. The van der Waals surface area contributed by atoms with Gasteiger partial charge in [0.05, 0.1) is 18.1 Å². The summed E-state index contributed by atoms with van der Waals surface area (Å²) in [7, 11) is 1.55. The molecule has 0 spiro atoms. The molecule has 1 aliphatic heterocycles. The number of amides is 2. The van der Waals surface area contributed by atoms with Gasteiger partial charge < -0.3 is 4.74 Å². The minimum atomic E-state index is -0.255. The predicted molar refractivity (Wildman–Crippen MR) is 106 cm³/mol. The van der Waals surface area contributed by atoms with Crippen molar-refractivity contribution in [3.8, 4) is 0 Å². The van der Waals surface area contributed by atoms with Gasteiger partial charge in [0, 0.05) is 7.11 Å². The van der Waals surface area contributed by atoms with Gasteiger partial charge in [-0.1, -0.05) is 48.5 Å². The first-order valence-corrected chi connectivity index (χ1v) is 9.15. The number of carbonyl (C=O) groups is 2. The lowest BCUT2D eigenvalue weighted by Gasteiger charge is -2.11. The second-order valence-electron chi connectivity index (χ2n) is 6.06. The maximum Gasteiger partial charge on any atom is 0.293 e. The highest BCUT2D eigenvalue weighted by molar-refractivity contribution is 8.18. The highest BCUT2D eigenvalue weighted by Gasteiger charge is 2.34. The average Bonchev–Trinajstić information content (AvgIpc) is 2.93. The zero-order valence-corrected chi connectivity index (χ0v) is 15.1. The summed E-state index contributed by atoms with van der Waals surface area (Å²) in [5, 5.41) is 4.10. The Morgan fingerprint density at radius 2 is 1.62 bits per heavy atom. The van der Waals surface area contributed by atoms with E-state index in [0.717, 1.165) is 38.9 Å². The SMILES string of the molecule is COCCN1C(=O)S/C(=C/c2c3ccccc3cc3ccccc23)C1=O. The summed E-state index contributed by atoms with van der Waals surface area (Å²) < 4.78 is 4.99. The van der Waals surface area contributed by atoms with Crippen LogP contribution in [0.2, 0.25) is 0 Å².